The molecule has 1 aromatic rings. The number of hydrogen-bond donors (Lipinski definition) is 2. The maximum atomic E-state index is 12.2. The Morgan fingerprint density at radius 3 is 2.21 bits per heavy atom. The third-order valence-electron chi connectivity index (χ3n) is 4.44. The van der Waals surface area contributed by atoms with Crippen LogP contribution in [0, 0.1) is 11.8 Å². The summed E-state index contributed by atoms with van der Waals surface area (Å²) in [6, 6.07) is 7.04. The summed E-state index contributed by atoms with van der Waals surface area (Å²) in [6.45, 7) is 8.82. The number of benzene rings is 1. The van der Waals surface area contributed by atoms with Crippen LogP contribution in [0.4, 0.5) is 5.69 Å². The second-order valence-electron chi connectivity index (χ2n) is 7.26. The van der Waals surface area contributed by atoms with E-state index in [0.717, 1.165) is 18.7 Å². The van der Waals surface area contributed by atoms with Gasteiger partial charge >= 0.3 is 0 Å². The molecule has 1 atom stereocenters. The van der Waals surface area contributed by atoms with Crippen LogP contribution in [0.3, 0.4) is 0 Å². The summed E-state index contributed by atoms with van der Waals surface area (Å²) in [5.74, 6) is 0.379. The van der Waals surface area contributed by atoms with Crippen molar-refractivity contribution in [3.8, 4) is 0 Å². The largest absolute Gasteiger partial charge is 0.326 e. The number of sulfone groups is 1. The maximum absolute atomic E-state index is 12.2. The molecular weight excluding hydrogens is 348 g/mol. The Morgan fingerprint density at radius 1 is 1.25 bits per heavy atom. The SMILES string of the molecule is CC(C(=O)Nc1ccc(CS(=O)(=O)C(C)(C)C)cc1)C1CNC1.Cl. The molecule has 5 nitrogen and oxygen atoms in total. The van der Waals surface area contributed by atoms with Gasteiger partial charge in [0.25, 0.3) is 0 Å². The highest BCUT2D eigenvalue weighted by Crippen LogP contribution is 2.22. The predicted octanol–water partition coefficient (Wildman–Crippen LogP) is 2.62. The zero-order valence-electron chi connectivity index (χ0n) is 14.6. The van der Waals surface area contributed by atoms with Gasteiger partial charge in [0.15, 0.2) is 9.84 Å². The van der Waals surface area contributed by atoms with Crippen molar-refractivity contribution in [2.24, 2.45) is 11.8 Å². The van der Waals surface area contributed by atoms with Gasteiger partial charge in [0.1, 0.15) is 0 Å². The van der Waals surface area contributed by atoms with Gasteiger partial charge in [-0.2, -0.15) is 0 Å². The fourth-order valence-electron chi connectivity index (χ4n) is 2.25. The second kappa shape index (κ2) is 7.85. The van der Waals surface area contributed by atoms with Crippen molar-refractivity contribution in [3.05, 3.63) is 29.8 Å². The quantitative estimate of drug-likeness (QED) is 0.830. The zero-order chi connectivity index (χ0) is 17.3. The molecule has 1 fully saturated rings. The van der Waals surface area contributed by atoms with Gasteiger partial charge in [0, 0.05) is 11.6 Å². The van der Waals surface area contributed by atoms with Crippen molar-refractivity contribution in [2.75, 3.05) is 18.4 Å². The van der Waals surface area contributed by atoms with E-state index >= 15 is 0 Å². The van der Waals surface area contributed by atoms with Crippen LogP contribution in [0.5, 0.6) is 0 Å². The van der Waals surface area contributed by atoms with E-state index in [1.54, 1.807) is 45.0 Å². The molecule has 1 aliphatic heterocycles. The maximum Gasteiger partial charge on any atom is 0.227 e. The van der Waals surface area contributed by atoms with Crippen LogP contribution in [-0.2, 0) is 20.4 Å². The standard InChI is InChI=1S/C17H26N2O3S.ClH/c1-12(14-9-18-10-14)16(20)19-15-7-5-13(6-8-15)11-23(21,22)17(2,3)4;/h5-8,12,14,18H,9-11H2,1-4H3,(H,19,20);1H. The highest BCUT2D eigenvalue weighted by molar-refractivity contribution is 7.91. The first kappa shape index (κ1) is 20.9. The van der Waals surface area contributed by atoms with Crippen LogP contribution >= 0.6 is 12.4 Å². The van der Waals surface area contributed by atoms with E-state index in [4.69, 9.17) is 0 Å². The lowest BCUT2D eigenvalue weighted by Crippen LogP contribution is -2.48. The van der Waals surface area contributed by atoms with E-state index in [1.165, 1.54) is 0 Å². The molecule has 24 heavy (non-hydrogen) atoms. The monoisotopic (exact) mass is 374 g/mol. The molecule has 1 saturated heterocycles. The van der Waals surface area contributed by atoms with Gasteiger partial charge in [-0.3, -0.25) is 4.79 Å². The van der Waals surface area contributed by atoms with Crippen molar-refractivity contribution in [1.29, 1.82) is 0 Å². The minimum atomic E-state index is -3.20. The van der Waals surface area contributed by atoms with Crippen LogP contribution < -0.4 is 10.6 Å². The Bertz CT molecular complexity index is 662. The average Bonchev–Trinajstić information content (AvgIpc) is 2.37. The number of carbonyl (C=O) groups is 1. The first-order valence-electron chi connectivity index (χ1n) is 7.93. The summed E-state index contributed by atoms with van der Waals surface area (Å²) in [6.07, 6.45) is 0. The van der Waals surface area contributed by atoms with E-state index < -0.39 is 14.6 Å². The lowest BCUT2D eigenvalue weighted by molar-refractivity contribution is -0.121. The number of anilines is 1. The van der Waals surface area contributed by atoms with Crippen molar-refractivity contribution in [1.82, 2.24) is 5.32 Å². The van der Waals surface area contributed by atoms with Gasteiger partial charge < -0.3 is 10.6 Å². The molecule has 0 aliphatic carbocycles. The van der Waals surface area contributed by atoms with Crippen molar-refractivity contribution >= 4 is 33.8 Å². The summed E-state index contributed by atoms with van der Waals surface area (Å²) in [5.41, 5.74) is 1.43. The predicted molar refractivity (Wildman–Crippen MR) is 100 cm³/mol. The number of rotatable bonds is 5. The van der Waals surface area contributed by atoms with E-state index in [-0.39, 0.29) is 30.0 Å². The summed E-state index contributed by atoms with van der Waals surface area (Å²) in [4.78, 5) is 12.2. The Balaban J connectivity index is 0.00000288. The number of hydrogen-bond acceptors (Lipinski definition) is 4. The van der Waals surface area contributed by atoms with Crippen molar-refractivity contribution < 1.29 is 13.2 Å². The highest BCUT2D eigenvalue weighted by atomic mass is 35.5. The van der Waals surface area contributed by atoms with Crippen LogP contribution in [0.25, 0.3) is 0 Å². The summed E-state index contributed by atoms with van der Waals surface area (Å²) < 4.78 is 23.7. The molecule has 2 N–H and O–H groups in total. The van der Waals surface area contributed by atoms with Crippen LogP contribution in [0.1, 0.15) is 33.3 Å². The first-order valence-corrected chi connectivity index (χ1v) is 9.58. The Morgan fingerprint density at radius 2 is 1.79 bits per heavy atom. The Labute approximate surface area is 150 Å². The van der Waals surface area contributed by atoms with E-state index in [2.05, 4.69) is 10.6 Å². The highest BCUT2D eigenvalue weighted by Gasteiger charge is 2.30. The lowest BCUT2D eigenvalue weighted by atomic mass is 9.88. The zero-order valence-corrected chi connectivity index (χ0v) is 16.3. The molecular formula is C17H27ClN2O3S. The van der Waals surface area contributed by atoms with Crippen LogP contribution in [0.2, 0.25) is 0 Å². The van der Waals surface area contributed by atoms with Crippen molar-refractivity contribution in [3.63, 3.8) is 0 Å². The smallest absolute Gasteiger partial charge is 0.227 e. The van der Waals surface area contributed by atoms with Crippen LogP contribution in [-0.4, -0.2) is 32.2 Å². The summed E-state index contributed by atoms with van der Waals surface area (Å²) in [5, 5.41) is 6.06. The molecule has 7 heteroatoms. The number of carbonyl (C=O) groups excluding carboxylic acids is 1. The molecule has 1 unspecified atom stereocenters. The number of amides is 1. The molecule has 1 aliphatic rings. The van der Waals surface area contributed by atoms with Gasteiger partial charge in [0.05, 0.1) is 10.5 Å². The van der Waals surface area contributed by atoms with E-state index in [9.17, 15) is 13.2 Å². The third kappa shape index (κ3) is 4.94. The number of halogens is 1. The first-order chi connectivity index (χ1) is 10.6. The van der Waals surface area contributed by atoms with E-state index in [0.29, 0.717) is 11.6 Å². The molecule has 136 valence electrons. The molecule has 1 amide bonds. The van der Waals surface area contributed by atoms with Gasteiger partial charge in [-0.1, -0.05) is 19.1 Å². The molecule has 0 aromatic heterocycles. The molecule has 1 aromatic carbocycles. The fourth-order valence-corrected chi connectivity index (χ4v) is 3.32. The molecule has 2 rings (SSSR count). The van der Waals surface area contributed by atoms with Gasteiger partial charge in [-0.15, -0.1) is 12.4 Å². The molecule has 0 saturated carbocycles. The lowest BCUT2D eigenvalue weighted by Gasteiger charge is -2.31. The minimum absolute atomic E-state index is 0. The van der Waals surface area contributed by atoms with Crippen LogP contribution in [0.15, 0.2) is 24.3 Å². The Kier molecular flexibility index (Phi) is 6.84. The number of nitrogens with one attached hydrogen (secondary N) is 2. The minimum Gasteiger partial charge on any atom is -0.326 e. The molecule has 0 radical (unpaired) electrons. The summed E-state index contributed by atoms with van der Waals surface area (Å²) >= 11 is 0. The Hall–Kier alpha value is -1.11. The topological polar surface area (TPSA) is 75.3 Å². The van der Waals surface area contributed by atoms with Gasteiger partial charge in [-0.25, -0.2) is 8.42 Å². The fraction of sp³-hybridized carbons (Fsp3) is 0.588. The summed E-state index contributed by atoms with van der Waals surface area (Å²) in [7, 11) is -3.20. The second-order valence-corrected chi connectivity index (χ2v) is 10.0. The molecule has 1 heterocycles. The molecule has 0 spiro atoms. The van der Waals surface area contributed by atoms with Gasteiger partial charge in [-0.05, 0) is 57.5 Å². The molecule has 0 bridgehead atoms. The van der Waals surface area contributed by atoms with E-state index in [1.807, 2.05) is 6.92 Å². The van der Waals surface area contributed by atoms with Crippen molar-refractivity contribution in [2.45, 2.75) is 38.2 Å². The normalized spacial score (nSPS) is 16.7. The average molecular weight is 375 g/mol. The van der Waals surface area contributed by atoms with Gasteiger partial charge in [0.2, 0.25) is 5.91 Å². The third-order valence-corrected chi connectivity index (χ3v) is 7.02.